The van der Waals surface area contributed by atoms with Crippen molar-refractivity contribution >= 4 is 6.08 Å². The molecule has 1 fully saturated rings. The van der Waals surface area contributed by atoms with E-state index in [1.165, 1.54) is 0 Å². The van der Waals surface area contributed by atoms with Crippen LogP contribution < -0.4 is 0 Å². The van der Waals surface area contributed by atoms with Crippen molar-refractivity contribution in [3.8, 4) is 0 Å². The van der Waals surface area contributed by atoms with Crippen LogP contribution in [0.4, 0.5) is 0 Å². The van der Waals surface area contributed by atoms with Crippen LogP contribution in [0.3, 0.4) is 0 Å². The van der Waals surface area contributed by atoms with E-state index < -0.39 is 5.54 Å². The van der Waals surface area contributed by atoms with E-state index in [0.29, 0.717) is 5.82 Å². The number of fused-ring (bicyclic) bond motifs is 2. The lowest BCUT2D eigenvalue weighted by Crippen LogP contribution is -2.58. The van der Waals surface area contributed by atoms with Crippen molar-refractivity contribution in [1.29, 1.82) is 0 Å². The molecule has 0 radical (unpaired) electrons. The SMILES string of the molecule is O=[N+]([O-])[C@]12C=Cc3nnnn3[C@H]1[C@@H]1C=C[C@H]2CC1. The third kappa shape index (κ3) is 0.938. The fourth-order valence-electron chi connectivity index (χ4n) is 3.67. The van der Waals surface area contributed by atoms with Gasteiger partial charge in [0.15, 0.2) is 5.82 Å². The fourth-order valence-corrected chi connectivity index (χ4v) is 3.67. The number of rotatable bonds is 1. The van der Waals surface area contributed by atoms with Gasteiger partial charge in [-0.05, 0) is 35.4 Å². The number of nitrogens with zero attached hydrogens (tertiary/aromatic N) is 5. The van der Waals surface area contributed by atoms with Crippen LogP contribution in [0.25, 0.3) is 6.08 Å². The largest absolute Gasteiger partial charge is 0.269 e. The van der Waals surface area contributed by atoms with E-state index in [-0.39, 0.29) is 22.8 Å². The molecule has 92 valence electrons. The maximum atomic E-state index is 11.7. The van der Waals surface area contributed by atoms with Crippen molar-refractivity contribution in [2.75, 3.05) is 0 Å². The van der Waals surface area contributed by atoms with Crippen LogP contribution in [0.2, 0.25) is 0 Å². The number of aromatic nitrogens is 4. The molecule has 0 aromatic carbocycles. The fraction of sp³-hybridized carbons (Fsp3) is 0.545. The average Bonchev–Trinajstić information content (AvgIpc) is 2.87. The smallest absolute Gasteiger partial charge is 0.264 e. The summed E-state index contributed by atoms with van der Waals surface area (Å²) in [5.74, 6) is 0.696. The second-order valence-electron chi connectivity index (χ2n) is 5.14. The molecule has 0 saturated heterocycles. The van der Waals surface area contributed by atoms with Crippen LogP contribution in [0.15, 0.2) is 18.2 Å². The van der Waals surface area contributed by atoms with Gasteiger partial charge in [0.1, 0.15) is 6.04 Å². The van der Waals surface area contributed by atoms with Crippen molar-refractivity contribution < 1.29 is 4.92 Å². The summed E-state index contributed by atoms with van der Waals surface area (Å²) in [4.78, 5) is 11.5. The first kappa shape index (κ1) is 9.93. The molecular formula is C11H11N5O2. The van der Waals surface area contributed by atoms with Gasteiger partial charge in [-0.1, -0.05) is 12.2 Å². The summed E-state index contributed by atoms with van der Waals surface area (Å²) in [6.45, 7) is 0. The number of allylic oxidation sites excluding steroid dienone is 1. The Morgan fingerprint density at radius 1 is 1.44 bits per heavy atom. The Morgan fingerprint density at radius 2 is 2.33 bits per heavy atom. The van der Waals surface area contributed by atoms with Crippen molar-refractivity contribution in [3.05, 3.63) is 34.2 Å². The molecule has 18 heavy (non-hydrogen) atoms. The maximum Gasteiger partial charge on any atom is 0.269 e. The molecular weight excluding hydrogens is 234 g/mol. The van der Waals surface area contributed by atoms with Gasteiger partial charge < -0.3 is 0 Å². The Balaban J connectivity index is 1.99. The van der Waals surface area contributed by atoms with Crippen molar-refractivity contribution in [1.82, 2.24) is 20.2 Å². The van der Waals surface area contributed by atoms with E-state index in [0.717, 1.165) is 12.8 Å². The van der Waals surface area contributed by atoms with Gasteiger partial charge in [0.05, 0.1) is 5.92 Å². The Hall–Kier alpha value is -2.05. The number of hydrogen-bond donors (Lipinski definition) is 0. The molecule has 1 saturated carbocycles. The van der Waals surface area contributed by atoms with Gasteiger partial charge in [0.2, 0.25) is 0 Å². The molecule has 1 aromatic heterocycles. The molecule has 1 aromatic rings. The zero-order valence-electron chi connectivity index (χ0n) is 9.51. The van der Waals surface area contributed by atoms with Crippen LogP contribution in [-0.4, -0.2) is 30.7 Å². The first-order valence-electron chi connectivity index (χ1n) is 6.03. The van der Waals surface area contributed by atoms with Crippen LogP contribution in [0.5, 0.6) is 0 Å². The molecule has 5 rings (SSSR count). The van der Waals surface area contributed by atoms with E-state index in [1.807, 2.05) is 6.08 Å². The van der Waals surface area contributed by atoms with Gasteiger partial charge in [-0.2, -0.15) is 0 Å². The third-order valence-electron chi connectivity index (χ3n) is 4.47. The molecule has 2 bridgehead atoms. The van der Waals surface area contributed by atoms with Gasteiger partial charge >= 0.3 is 0 Å². The minimum Gasteiger partial charge on any atom is -0.264 e. The van der Waals surface area contributed by atoms with Crippen LogP contribution in [0, 0.1) is 22.0 Å². The lowest BCUT2D eigenvalue weighted by molar-refractivity contribution is -0.578. The van der Waals surface area contributed by atoms with E-state index in [1.54, 1.807) is 16.8 Å². The van der Waals surface area contributed by atoms with Gasteiger partial charge in [-0.25, -0.2) is 4.68 Å². The molecule has 2 heterocycles. The number of tetrazole rings is 1. The minimum atomic E-state index is -1.07. The predicted molar refractivity (Wildman–Crippen MR) is 61.0 cm³/mol. The topological polar surface area (TPSA) is 86.7 Å². The predicted octanol–water partition coefficient (Wildman–Crippen LogP) is 0.852. The summed E-state index contributed by atoms with van der Waals surface area (Å²) < 4.78 is 1.63. The monoisotopic (exact) mass is 245 g/mol. The molecule has 0 amide bonds. The lowest BCUT2D eigenvalue weighted by Gasteiger charge is -2.47. The molecule has 3 aliphatic carbocycles. The highest BCUT2D eigenvalue weighted by Gasteiger charge is 2.63. The van der Waals surface area contributed by atoms with Crippen LogP contribution >= 0.6 is 0 Å². The zero-order chi connectivity index (χ0) is 12.3. The summed E-state index contributed by atoms with van der Waals surface area (Å²) in [5.41, 5.74) is -1.07. The Morgan fingerprint density at radius 3 is 3.06 bits per heavy atom. The first-order valence-corrected chi connectivity index (χ1v) is 6.03. The quantitative estimate of drug-likeness (QED) is 0.416. The molecule has 7 nitrogen and oxygen atoms in total. The van der Waals surface area contributed by atoms with Gasteiger partial charge in [-0.15, -0.1) is 5.10 Å². The molecule has 1 aliphatic heterocycles. The second-order valence-corrected chi connectivity index (χ2v) is 5.14. The van der Waals surface area contributed by atoms with Crippen LogP contribution in [0.1, 0.15) is 24.7 Å². The molecule has 4 atom stereocenters. The Labute approximate surface area is 102 Å². The average molecular weight is 245 g/mol. The second kappa shape index (κ2) is 3.04. The van der Waals surface area contributed by atoms with Crippen molar-refractivity contribution in [2.24, 2.45) is 11.8 Å². The normalized spacial score (nSPS) is 39.4. The number of nitro groups is 1. The lowest BCUT2D eigenvalue weighted by atomic mass is 9.60. The molecule has 0 spiro atoms. The summed E-state index contributed by atoms with van der Waals surface area (Å²) in [5, 5.41) is 23.1. The van der Waals surface area contributed by atoms with Crippen molar-refractivity contribution in [3.63, 3.8) is 0 Å². The molecule has 4 aliphatic rings. The Kier molecular flexibility index (Phi) is 1.68. The van der Waals surface area contributed by atoms with Crippen molar-refractivity contribution in [2.45, 2.75) is 24.4 Å². The number of hydrogen-bond acceptors (Lipinski definition) is 5. The molecule has 0 unspecified atom stereocenters. The standard InChI is InChI=1S/C11H11N5O2/c17-16(18)11-6-5-9-12-13-14-15(9)10(11)7-1-3-8(11)4-2-7/h1,3,5-8,10H,2,4H2/t7-,8+,10+,11+/m1/s1. The Bertz CT molecular complexity index is 592. The van der Waals surface area contributed by atoms with E-state index in [2.05, 4.69) is 21.6 Å². The summed E-state index contributed by atoms with van der Waals surface area (Å²) in [6, 6.07) is -0.286. The van der Waals surface area contributed by atoms with Gasteiger partial charge in [0.25, 0.3) is 5.54 Å². The first-order chi connectivity index (χ1) is 8.73. The van der Waals surface area contributed by atoms with E-state index >= 15 is 0 Å². The summed E-state index contributed by atoms with van der Waals surface area (Å²) in [7, 11) is 0. The highest BCUT2D eigenvalue weighted by atomic mass is 16.6. The van der Waals surface area contributed by atoms with Crippen LogP contribution in [-0.2, 0) is 0 Å². The van der Waals surface area contributed by atoms with E-state index in [4.69, 9.17) is 0 Å². The van der Waals surface area contributed by atoms with E-state index in [9.17, 15) is 10.1 Å². The minimum absolute atomic E-state index is 0.0592. The van der Waals surface area contributed by atoms with Gasteiger partial charge in [-0.3, -0.25) is 10.1 Å². The summed E-state index contributed by atoms with van der Waals surface area (Å²) >= 11 is 0. The summed E-state index contributed by atoms with van der Waals surface area (Å²) in [6.07, 6.45) is 9.28. The molecule has 7 heteroatoms. The van der Waals surface area contributed by atoms with Gasteiger partial charge in [0, 0.05) is 10.8 Å². The highest BCUT2D eigenvalue weighted by Crippen LogP contribution is 2.53. The zero-order valence-corrected chi connectivity index (χ0v) is 9.51. The highest BCUT2D eigenvalue weighted by molar-refractivity contribution is 5.47. The maximum absolute atomic E-state index is 11.7. The third-order valence-corrected chi connectivity index (χ3v) is 4.47. The molecule has 0 N–H and O–H groups in total.